The van der Waals surface area contributed by atoms with Crippen molar-refractivity contribution < 1.29 is 0 Å². The largest absolute Gasteiger partial charge is 0.310 e. The molecule has 1 heterocycles. The zero-order valence-corrected chi connectivity index (χ0v) is 12.1. The van der Waals surface area contributed by atoms with E-state index in [4.69, 9.17) is 0 Å². The lowest BCUT2D eigenvalue weighted by atomic mass is 10.1. The standard InChI is InChI=1S/C15H27N3/c1-4-5-15-13(10-16-14-6-7-14)11-17-18(15)9-8-12(2)3/h11-12,14,16H,4-10H2,1-3H3. The Labute approximate surface area is 111 Å². The predicted octanol–water partition coefficient (Wildman–Crippen LogP) is 3.13. The van der Waals surface area contributed by atoms with E-state index in [0.29, 0.717) is 0 Å². The Balaban J connectivity index is 1.98. The fourth-order valence-electron chi connectivity index (χ4n) is 2.24. The first-order valence-electron chi connectivity index (χ1n) is 7.47. The van der Waals surface area contributed by atoms with Crippen LogP contribution in [0.5, 0.6) is 0 Å². The average molecular weight is 249 g/mol. The summed E-state index contributed by atoms with van der Waals surface area (Å²) in [5.74, 6) is 0.747. The molecule has 3 heteroatoms. The van der Waals surface area contributed by atoms with E-state index in [0.717, 1.165) is 31.5 Å². The Hall–Kier alpha value is -0.830. The van der Waals surface area contributed by atoms with Gasteiger partial charge < -0.3 is 5.32 Å². The number of nitrogens with zero attached hydrogens (tertiary/aromatic N) is 2. The molecule has 0 radical (unpaired) electrons. The van der Waals surface area contributed by atoms with Crippen LogP contribution in [0.3, 0.4) is 0 Å². The first kappa shape index (κ1) is 13.6. The highest BCUT2D eigenvalue weighted by molar-refractivity contribution is 5.18. The summed E-state index contributed by atoms with van der Waals surface area (Å²) in [5.41, 5.74) is 2.86. The van der Waals surface area contributed by atoms with Gasteiger partial charge in [0.2, 0.25) is 0 Å². The minimum absolute atomic E-state index is 0.747. The monoisotopic (exact) mass is 249 g/mol. The lowest BCUT2D eigenvalue weighted by molar-refractivity contribution is 0.473. The van der Waals surface area contributed by atoms with Crippen molar-refractivity contribution in [3.63, 3.8) is 0 Å². The van der Waals surface area contributed by atoms with Crippen molar-refractivity contribution in [3.8, 4) is 0 Å². The zero-order chi connectivity index (χ0) is 13.0. The molecule has 0 amide bonds. The van der Waals surface area contributed by atoms with Gasteiger partial charge in [0.25, 0.3) is 0 Å². The second kappa shape index (κ2) is 6.37. The summed E-state index contributed by atoms with van der Waals surface area (Å²) in [6, 6.07) is 0.776. The molecule has 0 aromatic carbocycles. The molecule has 0 bridgehead atoms. The minimum atomic E-state index is 0.747. The van der Waals surface area contributed by atoms with Gasteiger partial charge in [-0.2, -0.15) is 5.10 Å². The van der Waals surface area contributed by atoms with Gasteiger partial charge in [-0.1, -0.05) is 27.2 Å². The van der Waals surface area contributed by atoms with E-state index in [-0.39, 0.29) is 0 Å². The van der Waals surface area contributed by atoms with Crippen LogP contribution in [-0.4, -0.2) is 15.8 Å². The molecule has 0 atom stereocenters. The van der Waals surface area contributed by atoms with Crippen molar-refractivity contribution in [1.82, 2.24) is 15.1 Å². The molecule has 1 fully saturated rings. The van der Waals surface area contributed by atoms with Crippen molar-refractivity contribution in [1.29, 1.82) is 0 Å². The van der Waals surface area contributed by atoms with Gasteiger partial charge in [0.1, 0.15) is 0 Å². The van der Waals surface area contributed by atoms with E-state index < -0.39 is 0 Å². The lowest BCUT2D eigenvalue weighted by Crippen LogP contribution is -2.17. The van der Waals surface area contributed by atoms with Crippen LogP contribution in [-0.2, 0) is 19.5 Å². The Kier molecular flexibility index (Phi) is 4.81. The van der Waals surface area contributed by atoms with Gasteiger partial charge in [0.15, 0.2) is 0 Å². The summed E-state index contributed by atoms with van der Waals surface area (Å²) in [5, 5.41) is 8.18. The van der Waals surface area contributed by atoms with Crippen molar-refractivity contribution in [3.05, 3.63) is 17.5 Å². The first-order chi connectivity index (χ1) is 8.70. The number of hydrogen-bond donors (Lipinski definition) is 1. The van der Waals surface area contributed by atoms with Crippen molar-refractivity contribution in [2.75, 3.05) is 0 Å². The zero-order valence-electron chi connectivity index (χ0n) is 12.1. The molecule has 1 saturated carbocycles. The third-order valence-corrected chi connectivity index (χ3v) is 3.60. The molecular formula is C15H27N3. The molecule has 0 spiro atoms. The second-order valence-corrected chi connectivity index (χ2v) is 5.93. The fourth-order valence-corrected chi connectivity index (χ4v) is 2.24. The van der Waals surface area contributed by atoms with Crippen molar-refractivity contribution in [2.24, 2.45) is 5.92 Å². The molecule has 2 rings (SSSR count). The number of nitrogens with one attached hydrogen (secondary N) is 1. The van der Waals surface area contributed by atoms with Gasteiger partial charge in [0.05, 0.1) is 6.20 Å². The highest BCUT2D eigenvalue weighted by atomic mass is 15.3. The Morgan fingerprint density at radius 3 is 2.83 bits per heavy atom. The molecule has 0 unspecified atom stereocenters. The SMILES string of the molecule is CCCc1c(CNC2CC2)cnn1CCC(C)C. The normalized spacial score (nSPS) is 15.6. The first-order valence-corrected chi connectivity index (χ1v) is 7.47. The smallest absolute Gasteiger partial charge is 0.0537 e. The fraction of sp³-hybridized carbons (Fsp3) is 0.800. The molecule has 1 aliphatic rings. The molecule has 1 aromatic heterocycles. The number of aryl methyl sites for hydroxylation is 1. The maximum Gasteiger partial charge on any atom is 0.0537 e. The van der Waals surface area contributed by atoms with E-state index in [1.54, 1.807) is 0 Å². The van der Waals surface area contributed by atoms with Gasteiger partial charge in [-0.15, -0.1) is 0 Å². The van der Waals surface area contributed by atoms with Crippen LogP contribution in [0.1, 0.15) is 57.7 Å². The van der Waals surface area contributed by atoms with Crippen LogP contribution in [0.4, 0.5) is 0 Å². The predicted molar refractivity (Wildman–Crippen MR) is 75.5 cm³/mol. The molecule has 1 N–H and O–H groups in total. The molecule has 3 nitrogen and oxygen atoms in total. The molecule has 18 heavy (non-hydrogen) atoms. The van der Waals surface area contributed by atoms with Crippen LogP contribution in [0.2, 0.25) is 0 Å². The van der Waals surface area contributed by atoms with E-state index in [2.05, 4.69) is 42.1 Å². The summed E-state index contributed by atoms with van der Waals surface area (Å²) in [6.07, 6.45) is 8.34. The average Bonchev–Trinajstić information content (AvgIpc) is 3.08. The van der Waals surface area contributed by atoms with Crippen LogP contribution >= 0.6 is 0 Å². The van der Waals surface area contributed by atoms with Gasteiger partial charge in [-0.3, -0.25) is 4.68 Å². The van der Waals surface area contributed by atoms with Crippen LogP contribution in [0.25, 0.3) is 0 Å². The Bertz CT molecular complexity index is 340. The third-order valence-electron chi connectivity index (χ3n) is 3.60. The third kappa shape index (κ3) is 3.84. The number of hydrogen-bond acceptors (Lipinski definition) is 2. The Morgan fingerprint density at radius 2 is 2.22 bits per heavy atom. The van der Waals surface area contributed by atoms with E-state index in [1.165, 1.54) is 36.9 Å². The number of rotatable bonds is 8. The molecule has 0 saturated heterocycles. The molecule has 0 aliphatic heterocycles. The summed E-state index contributed by atoms with van der Waals surface area (Å²) in [7, 11) is 0. The molecular weight excluding hydrogens is 222 g/mol. The van der Waals surface area contributed by atoms with Crippen LogP contribution in [0.15, 0.2) is 6.20 Å². The minimum Gasteiger partial charge on any atom is -0.310 e. The van der Waals surface area contributed by atoms with Gasteiger partial charge in [-0.25, -0.2) is 0 Å². The molecule has 102 valence electrons. The van der Waals surface area contributed by atoms with Crippen molar-refractivity contribution >= 4 is 0 Å². The summed E-state index contributed by atoms with van der Waals surface area (Å²) in [6.45, 7) is 8.87. The van der Waals surface area contributed by atoms with E-state index in [1.807, 2.05) is 0 Å². The Morgan fingerprint density at radius 1 is 1.44 bits per heavy atom. The van der Waals surface area contributed by atoms with Gasteiger partial charge in [0, 0.05) is 30.4 Å². The molecule has 1 aliphatic carbocycles. The summed E-state index contributed by atoms with van der Waals surface area (Å²) in [4.78, 5) is 0. The van der Waals surface area contributed by atoms with Crippen LogP contribution < -0.4 is 5.32 Å². The highest BCUT2D eigenvalue weighted by Gasteiger charge is 2.21. The maximum atomic E-state index is 4.58. The van der Waals surface area contributed by atoms with Gasteiger partial charge >= 0.3 is 0 Å². The highest BCUT2D eigenvalue weighted by Crippen LogP contribution is 2.20. The van der Waals surface area contributed by atoms with Crippen molar-refractivity contribution in [2.45, 2.75) is 72.0 Å². The topological polar surface area (TPSA) is 29.9 Å². The molecule has 1 aromatic rings. The second-order valence-electron chi connectivity index (χ2n) is 5.93. The summed E-state index contributed by atoms with van der Waals surface area (Å²) >= 11 is 0. The van der Waals surface area contributed by atoms with Crippen LogP contribution in [0, 0.1) is 5.92 Å². The number of aromatic nitrogens is 2. The van der Waals surface area contributed by atoms with E-state index >= 15 is 0 Å². The lowest BCUT2D eigenvalue weighted by Gasteiger charge is -2.11. The quantitative estimate of drug-likeness (QED) is 0.767. The van der Waals surface area contributed by atoms with E-state index in [9.17, 15) is 0 Å². The summed E-state index contributed by atoms with van der Waals surface area (Å²) < 4.78 is 2.23. The maximum absolute atomic E-state index is 4.58. The van der Waals surface area contributed by atoms with Gasteiger partial charge in [-0.05, 0) is 31.6 Å².